The SMILES string of the molecule is CC(C)(C)CC(C)(C)NC(=O)CCCN1C(=O)c2ccccc2C1=O. The Hall–Kier alpha value is -2.17. The van der Waals surface area contributed by atoms with Gasteiger partial charge in [0.15, 0.2) is 0 Å². The average Bonchev–Trinajstić information content (AvgIpc) is 2.69. The molecule has 1 heterocycles. The molecule has 0 aliphatic carbocycles. The number of amides is 3. The van der Waals surface area contributed by atoms with Gasteiger partial charge in [0.1, 0.15) is 0 Å². The fourth-order valence-corrected chi connectivity index (χ4v) is 3.65. The van der Waals surface area contributed by atoms with Gasteiger partial charge in [0.05, 0.1) is 11.1 Å². The Bertz CT molecular complexity index is 651. The highest BCUT2D eigenvalue weighted by Crippen LogP contribution is 2.27. The first-order valence-corrected chi connectivity index (χ1v) is 8.76. The van der Waals surface area contributed by atoms with Gasteiger partial charge in [-0.2, -0.15) is 0 Å². The zero-order chi connectivity index (χ0) is 18.8. The van der Waals surface area contributed by atoms with Gasteiger partial charge in [-0.25, -0.2) is 0 Å². The molecule has 1 aliphatic heterocycles. The van der Waals surface area contributed by atoms with E-state index in [0.29, 0.717) is 24.0 Å². The van der Waals surface area contributed by atoms with Crippen molar-refractivity contribution >= 4 is 17.7 Å². The summed E-state index contributed by atoms with van der Waals surface area (Å²) >= 11 is 0. The molecule has 136 valence electrons. The van der Waals surface area contributed by atoms with Gasteiger partial charge in [0, 0.05) is 18.5 Å². The quantitative estimate of drug-likeness (QED) is 0.804. The van der Waals surface area contributed by atoms with Crippen molar-refractivity contribution < 1.29 is 14.4 Å². The molecule has 25 heavy (non-hydrogen) atoms. The summed E-state index contributed by atoms with van der Waals surface area (Å²) < 4.78 is 0. The smallest absolute Gasteiger partial charge is 0.261 e. The Morgan fingerprint density at radius 3 is 2.00 bits per heavy atom. The van der Waals surface area contributed by atoms with E-state index in [2.05, 4.69) is 26.1 Å². The van der Waals surface area contributed by atoms with Crippen molar-refractivity contribution in [2.45, 2.75) is 59.4 Å². The third-order valence-electron chi connectivity index (χ3n) is 4.11. The van der Waals surface area contributed by atoms with Crippen molar-refractivity contribution in [1.82, 2.24) is 10.2 Å². The maximum absolute atomic E-state index is 12.3. The maximum atomic E-state index is 12.3. The lowest BCUT2D eigenvalue weighted by atomic mass is 9.82. The minimum absolute atomic E-state index is 0.0501. The highest BCUT2D eigenvalue weighted by molar-refractivity contribution is 6.21. The number of nitrogens with zero attached hydrogens (tertiary/aromatic N) is 1. The van der Waals surface area contributed by atoms with Crippen LogP contribution in [0.15, 0.2) is 24.3 Å². The van der Waals surface area contributed by atoms with Crippen LogP contribution in [-0.4, -0.2) is 34.7 Å². The largest absolute Gasteiger partial charge is 0.351 e. The van der Waals surface area contributed by atoms with Gasteiger partial charge in [-0.05, 0) is 44.2 Å². The molecule has 1 aromatic carbocycles. The van der Waals surface area contributed by atoms with Crippen molar-refractivity contribution in [1.29, 1.82) is 0 Å². The van der Waals surface area contributed by atoms with E-state index in [1.54, 1.807) is 24.3 Å². The van der Waals surface area contributed by atoms with Crippen LogP contribution in [0.3, 0.4) is 0 Å². The monoisotopic (exact) mass is 344 g/mol. The second-order valence-corrected chi connectivity index (χ2v) is 8.58. The number of fused-ring (bicyclic) bond motifs is 1. The van der Waals surface area contributed by atoms with E-state index < -0.39 is 0 Å². The van der Waals surface area contributed by atoms with E-state index in [4.69, 9.17) is 0 Å². The molecule has 0 saturated heterocycles. The zero-order valence-corrected chi connectivity index (χ0v) is 15.8. The summed E-state index contributed by atoms with van der Waals surface area (Å²) in [6.45, 7) is 10.7. The Morgan fingerprint density at radius 2 is 1.52 bits per heavy atom. The number of rotatable bonds is 6. The van der Waals surface area contributed by atoms with Crippen LogP contribution < -0.4 is 5.32 Å². The number of hydrogen-bond acceptors (Lipinski definition) is 3. The molecule has 1 aromatic rings. The van der Waals surface area contributed by atoms with Gasteiger partial charge in [-0.1, -0.05) is 32.9 Å². The van der Waals surface area contributed by atoms with Crippen molar-refractivity contribution in [2.75, 3.05) is 6.54 Å². The number of hydrogen-bond donors (Lipinski definition) is 1. The van der Waals surface area contributed by atoms with Crippen LogP contribution >= 0.6 is 0 Å². The summed E-state index contributed by atoms with van der Waals surface area (Å²) in [5.74, 6) is -0.589. The van der Waals surface area contributed by atoms with Crippen LogP contribution in [-0.2, 0) is 4.79 Å². The molecule has 0 bridgehead atoms. The van der Waals surface area contributed by atoms with Crippen molar-refractivity contribution in [2.24, 2.45) is 5.41 Å². The number of carbonyl (C=O) groups excluding carboxylic acids is 3. The standard InChI is InChI=1S/C20H28N2O3/c1-19(2,3)13-20(4,5)21-16(23)11-8-12-22-17(24)14-9-6-7-10-15(14)18(22)25/h6-7,9-10H,8,11-13H2,1-5H3,(H,21,23). The number of nitrogens with one attached hydrogen (secondary N) is 1. The summed E-state index contributed by atoms with van der Waals surface area (Å²) in [7, 11) is 0. The molecular weight excluding hydrogens is 316 g/mol. The van der Waals surface area contributed by atoms with Crippen LogP contribution in [0.1, 0.15) is 74.6 Å². The predicted molar refractivity (Wildman–Crippen MR) is 97.3 cm³/mol. The number of benzene rings is 1. The zero-order valence-electron chi connectivity index (χ0n) is 15.8. The van der Waals surface area contributed by atoms with Crippen molar-refractivity contribution in [3.05, 3.63) is 35.4 Å². The molecule has 0 spiro atoms. The van der Waals surface area contributed by atoms with Gasteiger partial charge in [0.25, 0.3) is 11.8 Å². The summed E-state index contributed by atoms with van der Waals surface area (Å²) in [6.07, 6.45) is 1.62. The second kappa shape index (κ2) is 6.98. The third kappa shape index (κ3) is 4.91. The molecule has 5 heteroatoms. The fraction of sp³-hybridized carbons (Fsp3) is 0.550. The molecule has 2 rings (SSSR count). The van der Waals surface area contributed by atoms with E-state index in [1.165, 1.54) is 4.90 Å². The minimum Gasteiger partial charge on any atom is -0.351 e. The molecular formula is C20H28N2O3. The lowest BCUT2D eigenvalue weighted by Gasteiger charge is -2.33. The Balaban J connectivity index is 1.84. The van der Waals surface area contributed by atoms with Crippen LogP contribution in [0.2, 0.25) is 0 Å². The summed E-state index contributed by atoms with van der Waals surface area (Å²) in [5, 5.41) is 3.05. The van der Waals surface area contributed by atoms with Gasteiger partial charge >= 0.3 is 0 Å². The van der Waals surface area contributed by atoms with E-state index in [-0.39, 0.29) is 35.2 Å². The number of imide groups is 1. The maximum Gasteiger partial charge on any atom is 0.261 e. The Morgan fingerprint density at radius 1 is 1.00 bits per heavy atom. The summed E-state index contributed by atoms with van der Waals surface area (Å²) in [6, 6.07) is 6.82. The van der Waals surface area contributed by atoms with Crippen LogP contribution in [0.4, 0.5) is 0 Å². The second-order valence-electron chi connectivity index (χ2n) is 8.58. The van der Waals surface area contributed by atoms with Crippen LogP contribution in [0.5, 0.6) is 0 Å². The van der Waals surface area contributed by atoms with Crippen LogP contribution in [0, 0.1) is 5.41 Å². The molecule has 0 radical (unpaired) electrons. The Labute approximate surface area is 149 Å². The first-order valence-electron chi connectivity index (χ1n) is 8.76. The molecule has 5 nitrogen and oxygen atoms in total. The number of carbonyl (C=O) groups is 3. The van der Waals surface area contributed by atoms with Gasteiger partial charge in [-0.3, -0.25) is 19.3 Å². The molecule has 0 aromatic heterocycles. The van der Waals surface area contributed by atoms with E-state index in [0.717, 1.165) is 6.42 Å². The molecule has 1 aliphatic rings. The van der Waals surface area contributed by atoms with Gasteiger partial charge in [0.2, 0.25) is 5.91 Å². The van der Waals surface area contributed by atoms with E-state index in [9.17, 15) is 14.4 Å². The molecule has 3 amide bonds. The highest BCUT2D eigenvalue weighted by Gasteiger charge is 2.34. The van der Waals surface area contributed by atoms with Crippen molar-refractivity contribution in [3.8, 4) is 0 Å². The fourth-order valence-electron chi connectivity index (χ4n) is 3.65. The van der Waals surface area contributed by atoms with Crippen LogP contribution in [0.25, 0.3) is 0 Å². The summed E-state index contributed by atoms with van der Waals surface area (Å²) in [4.78, 5) is 38.0. The molecule has 0 unspecified atom stereocenters. The van der Waals surface area contributed by atoms with E-state index in [1.807, 2.05) is 13.8 Å². The van der Waals surface area contributed by atoms with E-state index >= 15 is 0 Å². The Kier molecular flexibility index (Phi) is 5.35. The first-order chi connectivity index (χ1) is 11.5. The highest BCUT2D eigenvalue weighted by atomic mass is 16.2. The molecule has 0 atom stereocenters. The van der Waals surface area contributed by atoms with Gasteiger partial charge < -0.3 is 5.32 Å². The third-order valence-corrected chi connectivity index (χ3v) is 4.11. The average molecular weight is 344 g/mol. The van der Waals surface area contributed by atoms with Crippen molar-refractivity contribution in [3.63, 3.8) is 0 Å². The molecule has 1 N–H and O–H groups in total. The lowest BCUT2D eigenvalue weighted by Crippen LogP contribution is -2.46. The topological polar surface area (TPSA) is 66.5 Å². The normalized spacial score (nSPS) is 14.7. The summed E-state index contributed by atoms with van der Waals surface area (Å²) in [5.41, 5.74) is 0.730. The lowest BCUT2D eigenvalue weighted by molar-refractivity contribution is -0.123. The molecule has 0 fully saturated rings. The van der Waals surface area contributed by atoms with Gasteiger partial charge in [-0.15, -0.1) is 0 Å². The molecule has 0 saturated carbocycles. The first kappa shape index (κ1) is 19.2. The minimum atomic E-state index is -0.287. The predicted octanol–water partition coefficient (Wildman–Crippen LogP) is 3.39.